The second kappa shape index (κ2) is 5.53. The van der Waals surface area contributed by atoms with Gasteiger partial charge >= 0.3 is 0 Å². The molecule has 0 fully saturated rings. The van der Waals surface area contributed by atoms with Crippen LogP contribution in [-0.4, -0.2) is 28.8 Å². The summed E-state index contributed by atoms with van der Waals surface area (Å²) in [5, 5.41) is 0. The summed E-state index contributed by atoms with van der Waals surface area (Å²) in [6, 6.07) is 9.91. The highest BCUT2D eigenvalue weighted by Crippen LogP contribution is 2.34. The van der Waals surface area contributed by atoms with Gasteiger partial charge in [-0.05, 0) is 47.1 Å². The van der Waals surface area contributed by atoms with Crippen molar-refractivity contribution in [2.24, 2.45) is 0 Å². The standard InChI is InChI=1S/C16H13BrN2O3/c1-9(10-7-8-13(17)18-14(10)22-2)19-15(20)11-5-3-4-6-12(11)16(19)21/h3-9H,1-2H3/t9-/m0/s1. The highest BCUT2D eigenvalue weighted by atomic mass is 79.9. The average molecular weight is 361 g/mol. The maximum Gasteiger partial charge on any atom is 0.262 e. The van der Waals surface area contributed by atoms with Gasteiger partial charge in [-0.3, -0.25) is 14.5 Å². The smallest absolute Gasteiger partial charge is 0.262 e. The molecule has 112 valence electrons. The van der Waals surface area contributed by atoms with Crippen molar-refractivity contribution in [3.63, 3.8) is 0 Å². The topological polar surface area (TPSA) is 59.5 Å². The lowest BCUT2D eigenvalue weighted by Crippen LogP contribution is -2.32. The van der Waals surface area contributed by atoms with Crippen LogP contribution < -0.4 is 4.74 Å². The summed E-state index contributed by atoms with van der Waals surface area (Å²) < 4.78 is 5.89. The Morgan fingerprint density at radius 2 is 1.68 bits per heavy atom. The number of fused-ring (bicyclic) bond motifs is 1. The van der Waals surface area contributed by atoms with Crippen molar-refractivity contribution in [1.29, 1.82) is 0 Å². The van der Waals surface area contributed by atoms with Crippen molar-refractivity contribution in [2.75, 3.05) is 7.11 Å². The van der Waals surface area contributed by atoms with E-state index in [1.54, 1.807) is 43.3 Å². The molecule has 0 bridgehead atoms. The zero-order valence-electron chi connectivity index (χ0n) is 12.0. The van der Waals surface area contributed by atoms with E-state index in [0.717, 1.165) is 0 Å². The van der Waals surface area contributed by atoms with E-state index in [4.69, 9.17) is 4.74 Å². The van der Waals surface area contributed by atoms with Crippen LogP contribution in [0.15, 0.2) is 41.0 Å². The number of aromatic nitrogens is 1. The van der Waals surface area contributed by atoms with Crippen LogP contribution in [0.4, 0.5) is 0 Å². The highest BCUT2D eigenvalue weighted by molar-refractivity contribution is 9.10. The molecule has 0 aliphatic carbocycles. The van der Waals surface area contributed by atoms with Crippen molar-refractivity contribution in [1.82, 2.24) is 9.88 Å². The number of methoxy groups -OCH3 is 1. The molecule has 1 aliphatic rings. The lowest BCUT2D eigenvalue weighted by atomic mass is 10.1. The molecule has 2 amide bonds. The number of carbonyl (C=O) groups excluding carboxylic acids is 2. The quantitative estimate of drug-likeness (QED) is 0.622. The van der Waals surface area contributed by atoms with E-state index in [2.05, 4.69) is 20.9 Å². The van der Waals surface area contributed by atoms with Crippen LogP contribution in [0.1, 0.15) is 39.2 Å². The van der Waals surface area contributed by atoms with Crippen molar-refractivity contribution < 1.29 is 14.3 Å². The van der Waals surface area contributed by atoms with Crippen LogP contribution in [0.3, 0.4) is 0 Å². The molecular weight excluding hydrogens is 348 g/mol. The summed E-state index contributed by atoms with van der Waals surface area (Å²) in [6.45, 7) is 1.79. The summed E-state index contributed by atoms with van der Waals surface area (Å²) in [7, 11) is 1.51. The number of ether oxygens (including phenoxy) is 1. The molecule has 3 rings (SSSR count). The van der Waals surface area contributed by atoms with Crippen molar-refractivity contribution in [3.8, 4) is 5.88 Å². The predicted octanol–water partition coefficient (Wildman–Crippen LogP) is 3.21. The summed E-state index contributed by atoms with van der Waals surface area (Å²) in [4.78, 5) is 30.5. The Kier molecular flexibility index (Phi) is 3.70. The monoisotopic (exact) mass is 360 g/mol. The van der Waals surface area contributed by atoms with E-state index in [1.165, 1.54) is 12.0 Å². The third kappa shape index (κ3) is 2.20. The first-order valence-corrected chi connectivity index (χ1v) is 7.51. The molecule has 6 heteroatoms. The van der Waals surface area contributed by atoms with Crippen molar-refractivity contribution in [2.45, 2.75) is 13.0 Å². The number of imide groups is 1. The lowest BCUT2D eigenvalue weighted by Gasteiger charge is -2.23. The fourth-order valence-electron chi connectivity index (χ4n) is 2.61. The maximum absolute atomic E-state index is 12.5. The number of hydrogen-bond donors (Lipinski definition) is 0. The van der Waals surface area contributed by atoms with Crippen LogP contribution in [0.5, 0.6) is 5.88 Å². The average Bonchev–Trinajstić information content (AvgIpc) is 2.78. The van der Waals surface area contributed by atoms with Gasteiger partial charge in [-0.2, -0.15) is 0 Å². The van der Waals surface area contributed by atoms with Gasteiger partial charge in [-0.25, -0.2) is 4.98 Å². The summed E-state index contributed by atoms with van der Waals surface area (Å²) in [5.74, 6) is -0.199. The van der Waals surface area contributed by atoms with Gasteiger partial charge in [0.2, 0.25) is 5.88 Å². The van der Waals surface area contributed by atoms with Gasteiger partial charge in [0.15, 0.2) is 0 Å². The summed E-state index contributed by atoms with van der Waals surface area (Å²) in [6.07, 6.45) is 0. The predicted molar refractivity (Wildman–Crippen MR) is 83.8 cm³/mol. The molecule has 22 heavy (non-hydrogen) atoms. The van der Waals surface area contributed by atoms with E-state index in [0.29, 0.717) is 27.2 Å². The Labute approximate surface area is 136 Å². The molecule has 1 atom stereocenters. The zero-order valence-corrected chi connectivity index (χ0v) is 13.6. The molecule has 0 saturated heterocycles. The minimum atomic E-state index is -0.469. The molecule has 1 aromatic carbocycles. The second-order valence-electron chi connectivity index (χ2n) is 4.93. The number of halogens is 1. The van der Waals surface area contributed by atoms with Crippen LogP contribution >= 0.6 is 15.9 Å². The Morgan fingerprint density at radius 1 is 1.09 bits per heavy atom. The summed E-state index contributed by atoms with van der Waals surface area (Å²) >= 11 is 3.28. The first kappa shape index (κ1) is 14.7. The molecule has 5 nitrogen and oxygen atoms in total. The van der Waals surface area contributed by atoms with Gasteiger partial charge in [-0.1, -0.05) is 12.1 Å². The Bertz CT molecular complexity index is 741. The Balaban J connectivity index is 2.03. The fraction of sp³-hybridized carbons (Fsp3) is 0.188. The normalized spacial score (nSPS) is 15.0. The lowest BCUT2D eigenvalue weighted by molar-refractivity contribution is 0.0593. The minimum absolute atomic E-state index is 0.293. The van der Waals surface area contributed by atoms with E-state index in [1.807, 2.05) is 0 Å². The summed E-state index contributed by atoms with van der Waals surface area (Å²) in [5.41, 5.74) is 1.55. The number of carbonyl (C=O) groups is 2. The molecule has 0 radical (unpaired) electrons. The third-order valence-corrected chi connectivity index (χ3v) is 4.15. The molecule has 2 heterocycles. The minimum Gasteiger partial charge on any atom is -0.481 e. The van der Waals surface area contributed by atoms with Gasteiger partial charge in [0.25, 0.3) is 11.8 Å². The van der Waals surface area contributed by atoms with Gasteiger partial charge in [0.1, 0.15) is 4.60 Å². The van der Waals surface area contributed by atoms with Gasteiger partial charge in [0, 0.05) is 5.56 Å². The van der Waals surface area contributed by atoms with Crippen molar-refractivity contribution in [3.05, 3.63) is 57.7 Å². The first-order chi connectivity index (χ1) is 10.5. The van der Waals surface area contributed by atoms with Gasteiger partial charge < -0.3 is 4.74 Å². The Morgan fingerprint density at radius 3 is 2.23 bits per heavy atom. The van der Waals surface area contributed by atoms with Gasteiger partial charge in [0.05, 0.1) is 24.3 Å². The second-order valence-corrected chi connectivity index (χ2v) is 5.75. The van der Waals surface area contributed by atoms with Crippen LogP contribution in [0.25, 0.3) is 0 Å². The number of amides is 2. The van der Waals surface area contributed by atoms with Gasteiger partial charge in [-0.15, -0.1) is 0 Å². The number of rotatable bonds is 3. The van der Waals surface area contributed by atoms with Crippen LogP contribution in [0, 0.1) is 0 Å². The van der Waals surface area contributed by atoms with E-state index < -0.39 is 6.04 Å². The first-order valence-electron chi connectivity index (χ1n) is 6.72. The number of benzene rings is 1. The molecule has 2 aromatic rings. The highest BCUT2D eigenvalue weighted by Gasteiger charge is 2.39. The maximum atomic E-state index is 12.5. The van der Waals surface area contributed by atoms with E-state index in [-0.39, 0.29) is 11.8 Å². The molecule has 0 saturated carbocycles. The zero-order chi connectivity index (χ0) is 15.9. The third-order valence-electron chi connectivity index (χ3n) is 3.71. The SMILES string of the molecule is COc1nc(Br)ccc1[C@H](C)N1C(=O)c2ccccc2C1=O. The Hall–Kier alpha value is -2.21. The van der Waals surface area contributed by atoms with Crippen molar-refractivity contribution >= 4 is 27.7 Å². The van der Waals surface area contributed by atoms with Crippen LogP contribution in [-0.2, 0) is 0 Å². The molecule has 0 spiro atoms. The van der Waals surface area contributed by atoms with E-state index >= 15 is 0 Å². The molecule has 0 N–H and O–H groups in total. The molecular formula is C16H13BrN2O3. The van der Waals surface area contributed by atoms with E-state index in [9.17, 15) is 9.59 Å². The fourth-order valence-corrected chi connectivity index (χ4v) is 2.90. The largest absolute Gasteiger partial charge is 0.481 e. The molecule has 1 aromatic heterocycles. The number of pyridine rings is 1. The molecule has 0 unspecified atom stereocenters. The number of hydrogen-bond acceptors (Lipinski definition) is 4. The molecule has 1 aliphatic heterocycles. The number of nitrogens with zero attached hydrogens (tertiary/aromatic N) is 2. The van der Waals surface area contributed by atoms with Crippen LogP contribution in [0.2, 0.25) is 0 Å².